The fourth-order valence-electron chi connectivity index (χ4n) is 4.13. The number of nitrogens with zero attached hydrogens (tertiary/aromatic N) is 3. The number of rotatable bonds is 1. The number of carbonyl (C=O) groups is 1. The van der Waals surface area contributed by atoms with Crippen LogP contribution in [0.1, 0.15) is 48.2 Å². The Morgan fingerprint density at radius 3 is 2.91 bits per heavy atom. The summed E-state index contributed by atoms with van der Waals surface area (Å²) in [6.45, 7) is 3.87. The van der Waals surface area contributed by atoms with Crippen LogP contribution in [0.25, 0.3) is 5.65 Å². The van der Waals surface area contributed by atoms with Crippen molar-refractivity contribution in [2.45, 2.75) is 39.0 Å². The van der Waals surface area contributed by atoms with Crippen LogP contribution >= 0.6 is 0 Å². The van der Waals surface area contributed by atoms with Crippen molar-refractivity contribution in [3.05, 3.63) is 35.8 Å². The molecule has 4 nitrogen and oxygen atoms in total. The van der Waals surface area contributed by atoms with Gasteiger partial charge in [-0.05, 0) is 49.3 Å². The van der Waals surface area contributed by atoms with Gasteiger partial charge in [-0.2, -0.15) is 0 Å². The molecule has 22 heavy (non-hydrogen) atoms. The van der Waals surface area contributed by atoms with Gasteiger partial charge in [0.2, 0.25) is 0 Å². The van der Waals surface area contributed by atoms with Gasteiger partial charge < -0.3 is 9.30 Å². The van der Waals surface area contributed by atoms with E-state index in [0.29, 0.717) is 11.6 Å². The van der Waals surface area contributed by atoms with Crippen molar-refractivity contribution in [1.29, 1.82) is 0 Å². The van der Waals surface area contributed by atoms with E-state index in [1.807, 2.05) is 40.8 Å². The van der Waals surface area contributed by atoms with Gasteiger partial charge in [-0.1, -0.05) is 19.3 Å². The average Bonchev–Trinajstić information content (AvgIpc) is 2.96. The molecule has 0 aromatic carbocycles. The molecule has 0 unspecified atom stereocenters. The molecule has 4 heteroatoms. The molecule has 1 saturated carbocycles. The van der Waals surface area contributed by atoms with Crippen LogP contribution in [0.2, 0.25) is 0 Å². The molecule has 2 aromatic rings. The van der Waals surface area contributed by atoms with E-state index in [9.17, 15) is 4.79 Å². The largest absolute Gasteiger partial charge is 0.337 e. The summed E-state index contributed by atoms with van der Waals surface area (Å²) in [6.07, 6.45) is 10.4. The average molecular weight is 297 g/mol. The standard InChI is InChI=1S/C18H23N3O/c1-13-6-8-20-12-16(19-17(20)10-13)18(22)21-9-7-14-4-2-3-5-15(14)11-21/h6,8,10,12,14-15H,2-5,7,9,11H2,1H3/t14-,15-/m1/s1. The Bertz CT molecular complexity index is 705. The third kappa shape index (κ3) is 2.40. The Morgan fingerprint density at radius 2 is 2.05 bits per heavy atom. The lowest BCUT2D eigenvalue weighted by atomic mass is 9.75. The SMILES string of the molecule is Cc1ccn2cc(C(=O)N3CC[C@H]4CCCC[C@@H]4C3)nc2c1. The first-order chi connectivity index (χ1) is 10.7. The summed E-state index contributed by atoms with van der Waals surface area (Å²) in [7, 11) is 0. The monoisotopic (exact) mass is 297 g/mol. The van der Waals surface area contributed by atoms with Crippen LogP contribution in [0.5, 0.6) is 0 Å². The minimum atomic E-state index is 0.102. The number of fused-ring (bicyclic) bond motifs is 2. The number of likely N-dealkylation sites (tertiary alicyclic amines) is 1. The van der Waals surface area contributed by atoms with Crippen molar-refractivity contribution in [3.63, 3.8) is 0 Å². The summed E-state index contributed by atoms with van der Waals surface area (Å²) in [5.74, 6) is 1.66. The summed E-state index contributed by atoms with van der Waals surface area (Å²) in [4.78, 5) is 19.3. The molecule has 116 valence electrons. The Labute approximate surface area is 131 Å². The molecular formula is C18H23N3O. The Kier molecular flexibility index (Phi) is 3.40. The molecule has 2 atom stereocenters. The van der Waals surface area contributed by atoms with Crippen molar-refractivity contribution < 1.29 is 4.79 Å². The zero-order chi connectivity index (χ0) is 15.1. The fraction of sp³-hybridized carbons (Fsp3) is 0.556. The molecule has 2 aliphatic rings. The van der Waals surface area contributed by atoms with Crippen molar-refractivity contribution in [2.24, 2.45) is 11.8 Å². The van der Waals surface area contributed by atoms with Gasteiger partial charge in [-0.3, -0.25) is 4.79 Å². The minimum Gasteiger partial charge on any atom is -0.337 e. The van der Waals surface area contributed by atoms with Crippen LogP contribution < -0.4 is 0 Å². The van der Waals surface area contributed by atoms with Crippen molar-refractivity contribution >= 4 is 11.6 Å². The van der Waals surface area contributed by atoms with E-state index in [-0.39, 0.29) is 5.91 Å². The van der Waals surface area contributed by atoms with Crippen LogP contribution in [0.4, 0.5) is 0 Å². The van der Waals surface area contributed by atoms with Crippen molar-refractivity contribution in [2.75, 3.05) is 13.1 Å². The van der Waals surface area contributed by atoms with E-state index in [4.69, 9.17) is 0 Å². The second-order valence-electron chi connectivity index (χ2n) is 6.94. The highest BCUT2D eigenvalue weighted by atomic mass is 16.2. The number of piperidine rings is 1. The minimum absolute atomic E-state index is 0.102. The molecule has 0 spiro atoms. The van der Waals surface area contributed by atoms with Crippen molar-refractivity contribution in [3.8, 4) is 0 Å². The quantitative estimate of drug-likeness (QED) is 0.810. The summed E-state index contributed by atoms with van der Waals surface area (Å²) >= 11 is 0. The van der Waals surface area contributed by atoms with Crippen LogP contribution in [-0.4, -0.2) is 33.3 Å². The second kappa shape index (κ2) is 5.41. The molecular weight excluding hydrogens is 274 g/mol. The van der Waals surface area contributed by atoms with Gasteiger partial charge in [0.15, 0.2) is 0 Å². The molecule has 0 radical (unpaired) electrons. The first-order valence-corrected chi connectivity index (χ1v) is 8.45. The molecule has 4 rings (SSSR count). The van der Waals surface area contributed by atoms with Gasteiger partial charge in [-0.15, -0.1) is 0 Å². The zero-order valence-electron chi connectivity index (χ0n) is 13.2. The van der Waals surface area contributed by atoms with E-state index < -0.39 is 0 Å². The van der Waals surface area contributed by atoms with Gasteiger partial charge in [0.05, 0.1) is 0 Å². The Hall–Kier alpha value is -1.84. The smallest absolute Gasteiger partial charge is 0.274 e. The molecule has 1 aliphatic heterocycles. The molecule has 0 bridgehead atoms. The number of hydrogen-bond acceptors (Lipinski definition) is 2. The first kappa shape index (κ1) is 13.8. The summed E-state index contributed by atoms with van der Waals surface area (Å²) in [5.41, 5.74) is 2.61. The van der Waals surface area contributed by atoms with Crippen LogP contribution in [0.3, 0.4) is 0 Å². The zero-order valence-corrected chi connectivity index (χ0v) is 13.2. The highest BCUT2D eigenvalue weighted by Gasteiger charge is 2.33. The Balaban J connectivity index is 1.55. The molecule has 1 aliphatic carbocycles. The maximum Gasteiger partial charge on any atom is 0.274 e. The van der Waals surface area contributed by atoms with Gasteiger partial charge in [0.25, 0.3) is 5.91 Å². The van der Waals surface area contributed by atoms with E-state index >= 15 is 0 Å². The topological polar surface area (TPSA) is 37.6 Å². The van der Waals surface area contributed by atoms with Crippen LogP contribution in [0.15, 0.2) is 24.5 Å². The molecule has 1 amide bonds. The van der Waals surface area contributed by atoms with Gasteiger partial charge in [0, 0.05) is 25.5 Å². The number of aryl methyl sites for hydroxylation is 1. The molecule has 2 aromatic heterocycles. The van der Waals surface area contributed by atoms with Crippen LogP contribution in [0, 0.1) is 18.8 Å². The van der Waals surface area contributed by atoms with E-state index in [1.165, 1.54) is 37.7 Å². The van der Waals surface area contributed by atoms with E-state index in [0.717, 1.165) is 24.7 Å². The number of amides is 1. The van der Waals surface area contributed by atoms with Crippen LogP contribution in [-0.2, 0) is 0 Å². The predicted molar refractivity (Wildman–Crippen MR) is 85.9 cm³/mol. The lowest BCUT2D eigenvalue weighted by Gasteiger charge is -2.41. The molecule has 0 N–H and O–H groups in total. The predicted octanol–water partition coefficient (Wildman–Crippen LogP) is 3.30. The Morgan fingerprint density at radius 1 is 1.23 bits per heavy atom. The maximum absolute atomic E-state index is 12.8. The van der Waals surface area contributed by atoms with E-state index in [2.05, 4.69) is 4.98 Å². The first-order valence-electron chi connectivity index (χ1n) is 8.45. The van der Waals surface area contributed by atoms with E-state index in [1.54, 1.807) is 0 Å². The van der Waals surface area contributed by atoms with Gasteiger partial charge >= 0.3 is 0 Å². The number of aromatic nitrogens is 2. The normalized spacial score (nSPS) is 25.2. The van der Waals surface area contributed by atoms with Gasteiger partial charge in [-0.25, -0.2) is 4.98 Å². The third-order valence-electron chi connectivity index (χ3n) is 5.41. The number of hydrogen-bond donors (Lipinski definition) is 0. The third-order valence-corrected chi connectivity index (χ3v) is 5.41. The lowest BCUT2D eigenvalue weighted by Crippen LogP contribution is -2.44. The summed E-state index contributed by atoms with van der Waals surface area (Å²) < 4.78 is 1.94. The van der Waals surface area contributed by atoms with Gasteiger partial charge in [0.1, 0.15) is 11.3 Å². The summed E-state index contributed by atoms with van der Waals surface area (Å²) in [6, 6.07) is 4.06. The molecule has 3 heterocycles. The lowest BCUT2D eigenvalue weighted by molar-refractivity contribution is 0.0516. The molecule has 2 fully saturated rings. The number of imidazole rings is 1. The highest BCUT2D eigenvalue weighted by Crippen LogP contribution is 2.36. The maximum atomic E-state index is 12.8. The summed E-state index contributed by atoms with van der Waals surface area (Å²) in [5, 5.41) is 0. The number of pyridine rings is 1. The second-order valence-corrected chi connectivity index (χ2v) is 6.94. The van der Waals surface area contributed by atoms with Crippen molar-refractivity contribution in [1.82, 2.24) is 14.3 Å². The number of carbonyl (C=O) groups excluding carboxylic acids is 1. The molecule has 1 saturated heterocycles. The highest BCUT2D eigenvalue weighted by molar-refractivity contribution is 5.93. The fourth-order valence-corrected chi connectivity index (χ4v) is 4.13.